The third-order valence-corrected chi connectivity index (χ3v) is 17.7. The molecule has 55 heavy (non-hydrogen) atoms. The first-order valence-corrected chi connectivity index (χ1v) is 20.7. The van der Waals surface area contributed by atoms with Crippen molar-refractivity contribution in [2.45, 2.75) is 0 Å². The van der Waals surface area contributed by atoms with E-state index in [9.17, 15) is 0 Å². The third-order valence-electron chi connectivity index (χ3n) is 9.15. The van der Waals surface area contributed by atoms with E-state index in [1.54, 1.807) is 0 Å². The molecule has 8 aromatic rings. The van der Waals surface area contributed by atoms with Gasteiger partial charge in [0.2, 0.25) is 0 Å². The van der Waals surface area contributed by atoms with Crippen molar-refractivity contribution < 1.29 is 17.1 Å². The second-order valence-corrected chi connectivity index (χ2v) is 18.8. The molecule has 0 heterocycles. The van der Waals surface area contributed by atoms with Crippen LogP contribution < -0.4 is 42.4 Å². The summed E-state index contributed by atoms with van der Waals surface area (Å²) < 4.78 is 0. The molecule has 8 rings (SSSR count). The van der Waals surface area contributed by atoms with Crippen LogP contribution in [-0.2, 0) is 17.1 Å². The zero-order valence-corrected chi connectivity index (χ0v) is 31.3. The monoisotopic (exact) mass is 793 g/mol. The standard InChI is InChI=1S/2C24H20P.4BH4.Mn/c2*1-5-13-21(14-6-1)25(22-15-7-2-8-16-22,23-17-9-3-10-18-23)24-19-11-4-12-20-24;;;;;/h2*1-20H;4*1H4;/q2*+1;4*-1;+2. The SMILES string of the molecule is [BH4-].[BH4-].[BH4-].[BH4-].[Mn+2].c1ccc([P+](c2ccccc2)(c2ccccc2)c2ccccc2)cc1.c1ccc([P+](c2ccccc2)(c2ccccc2)c2ccccc2)cc1. The summed E-state index contributed by atoms with van der Waals surface area (Å²) in [5, 5.41) is 11.1. The van der Waals surface area contributed by atoms with E-state index in [4.69, 9.17) is 0 Å². The van der Waals surface area contributed by atoms with E-state index >= 15 is 0 Å². The average Bonchev–Trinajstić information content (AvgIpc) is 3.22. The molecule has 0 N–H and O–H groups in total. The summed E-state index contributed by atoms with van der Waals surface area (Å²) in [6, 6.07) is 87.7. The molecule has 0 fully saturated rings. The summed E-state index contributed by atoms with van der Waals surface area (Å²) in [6.07, 6.45) is 0. The van der Waals surface area contributed by atoms with Gasteiger partial charge in [0.15, 0.2) is 0 Å². The van der Waals surface area contributed by atoms with Crippen LogP contribution in [0.1, 0.15) is 0 Å². The van der Waals surface area contributed by atoms with Crippen LogP contribution in [0, 0.1) is 0 Å². The Balaban J connectivity index is 0.000000348. The summed E-state index contributed by atoms with van der Waals surface area (Å²) >= 11 is 0. The van der Waals surface area contributed by atoms with Gasteiger partial charge in [-0.1, -0.05) is 179 Å². The first kappa shape index (κ1) is 46.6. The van der Waals surface area contributed by atoms with Gasteiger partial charge >= 0.3 is 17.1 Å². The second-order valence-electron chi connectivity index (χ2n) is 12.0. The molecule has 8 aromatic carbocycles. The van der Waals surface area contributed by atoms with Gasteiger partial charge in [0, 0.05) is 0 Å². The Hall–Kier alpha value is -4.60. The third kappa shape index (κ3) is 9.62. The van der Waals surface area contributed by atoms with Crippen LogP contribution in [0.3, 0.4) is 0 Å². The quantitative estimate of drug-likeness (QED) is 0.164. The van der Waals surface area contributed by atoms with Crippen LogP contribution in [0.25, 0.3) is 0 Å². The van der Waals surface area contributed by atoms with Gasteiger partial charge in [0.05, 0.1) is 0 Å². The van der Waals surface area contributed by atoms with Gasteiger partial charge in [-0.3, -0.25) is 0 Å². The molecule has 0 bridgehead atoms. The minimum atomic E-state index is -1.91. The van der Waals surface area contributed by atoms with E-state index in [2.05, 4.69) is 243 Å². The van der Waals surface area contributed by atoms with E-state index in [1.807, 2.05) is 0 Å². The van der Waals surface area contributed by atoms with Crippen LogP contribution in [0.5, 0.6) is 0 Å². The Morgan fingerprint density at radius 1 is 0.164 bits per heavy atom. The van der Waals surface area contributed by atoms with E-state index in [0.717, 1.165) is 0 Å². The molecular weight excluding hydrogens is 737 g/mol. The van der Waals surface area contributed by atoms with Crippen LogP contribution in [0.2, 0.25) is 0 Å². The van der Waals surface area contributed by atoms with Crippen molar-refractivity contribution in [3.8, 4) is 0 Å². The van der Waals surface area contributed by atoms with Crippen molar-refractivity contribution >= 4 is 90.6 Å². The Bertz CT molecular complexity index is 1700. The molecule has 0 aliphatic heterocycles. The Morgan fingerprint density at radius 2 is 0.255 bits per heavy atom. The maximum Gasteiger partial charge on any atom is 2.00 e. The molecule has 0 aromatic heterocycles. The van der Waals surface area contributed by atoms with Gasteiger partial charge < -0.3 is 0 Å². The first-order valence-electron chi connectivity index (χ1n) is 17.1. The fraction of sp³-hybridized carbons (Fsp3) is 0. The van der Waals surface area contributed by atoms with Gasteiger partial charge in [0.1, 0.15) is 57.0 Å². The predicted octanol–water partition coefficient (Wildman–Crippen LogP) is 2.80. The van der Waals surface area contributed by atoms with Crippen molar-refractivity contribution in [3.05, 3.63) is 243 Å². The van der Waals surface area contributed by atoms with Crippen molar-refractivity contribution in [2.75, 3.05) is 0 Å². The summed E-state index contributed by atoms with van der Waals surface area (Å²) in [5.41, 5.74) is 0. The Morgan fingerprint density at radius 3 is 0.345 bits per heavy atom. The largest absolute Gasteiger partial charge is 2.00 e. The summed E-state index contributed by atoms with van der Waals surface area (Å²) in [5.74, 6) is 0. The molecule has 0 nitrogen and oxygen atoms in total. The van der Waals surface area contributed by atoms with Gasteiger partial charge in [-0.05, 0) is 97.1 Å². The molecule has 1 radical (unpaired) electrons. The molecule has 0 unspecified atom stereocenters. The summed E-state index contributed by atoms with van der Waals surface area (Å²) in [6.45, 7) is 0. The zero-order valence-electron chi connectivity index (χ0n) is 28.4. The molecule has 7 heteroatoms. The van der Waals surface area contributed by atoms with Crippen LogP contribution in [0.15, 0.2) is 243 Å². The maximum absolute atomic E-state index is 2.28. The van der Waals surface area contributed by atoms with Gasteiger partial charge in [0.25, 0.3) is 0 Å². The van der Waals surface area contributed by atoms with Crippen molar-refractivity contribution in [3.63, 3.8) is 0 Å². The summed E-state index contributed by atoms with van der Waals surface area (Å²) in [4.78, 5) is 0. The van der Waals surface area contributed by atoms with E-state index < -0.39 is 14.5 Å². The molecule has 0 saturated carbocycles. The molecule has 277 valence electrons. The molecule has 0 saturated heterocycles. The number of benzene rings is 8. The molecule has 0 aliphatic carbocycles. The topological polar surface area (TPSA) is 0 Å². The predicted molar refractivity (Wildman–Crippen MR) is 268 cm³/mol. The van der Waals surface area contributed by atoms with Crippen molar-refractivity contribution in [1.82, 2.24) is 0 Å². The van der Waals surface area contributed by atoms with Crippen molar-refractivity contribution in [1.29, 1.82) is 0 Å². The minimum Gasteiger partial charge on any atom is -0.0626 e. The number of hydrogen-bond acceptors (Lipinski definition) is 0. The summed E-state index contributed by atoms with van der Waals surface area (Å²) in [7, 11) is -3.81. The Labute approximate surface area is 348 Å². The molecule has 0 atom stereocenters. The molecular formula is C48H56B4MnP2. The molecule has 0 amide bonds. The number of hydrogen-bond donors (Lipinski definition) is 0. The molecule has 0 spiro atoms. The van der Waals surface area contributed by atoms with Gasteiger partial charge in [-0.2, -0.15) is 0 Å². The van der Waals surface area contributed by atoms with Crippen LogP contribution in [-0.4, -0.2) is 33.7 Å². The fourth-order valence-electron chi connectivity index (χ4n) is 7.00. The Kier molecular flexibility index (Phi) is 19.2. The van der Waals surface area contributed by atoms with Gasteiger partial charge in [-0.15, -0.1) is 0 Å². The van der Waals surface area contributed by atoms with E-state index in [1.165, 1.54) is 42.4 Å². The second kappa shape index (κ2) is 22.7. The molecule has 0 aliphatic rings. The van der Waals surface area contributed by atoms with E-state index in [-0.39, 0.29) is 50.7 Å². The fourth-order valence-corrected chi connectivity index (χ4v) is 15.5. The smallest absolute Gasteiger partial charge is 0.0626 e. The van der Waals surface area contributed by atoms with Crippen molar-refractivity contribution in [2.24, 2.45) is 0 Å². The first-order chi connectivity index (χ1) is 24.8. The van der Waals surface area contributed by atoms with Crippen LogP contribution in [0.4, 0.5) is 0 Å². The normalized spacial score (nSPS) is 10.2. The van der Waals surface area contributed by atoms with Crippen LogP contribution >= 0.6 is 14.5 Å². The maximum atomic E-state index is 2.28. The average molecular weight is 793 g/mol. The van der Waals surface area contributed by atoms with Gasteiger partial charge in [-0.25, -0.2) is 0 Å². The van der Waals surface area contributed by atoms with E-state index in [0.29, 0.717) is 0 Å². The number of rotatable bonds is 8. The minimum absolute atomic E-state index is 0. The zero-order chi connectivity index (χ0) is 33.9.